The second-order valence-corrected chi connectivity index (χ2v) is 3.08. The molecule has 0 unspecified atom stereocenters. The number of hydrogen-bond acceptors (Lipinski definition) is 1. The van der Waals surface area contributed by atoms with Gasteiger partial charge in [-0.2, -0.15) is 0 Å². The quantitative estimate of drug-likeness (QED) is 0.717. The number of rotatable bonds is 2. The summed E-state index contributed by atoms with van der Waals surface area (Å²) >= 11 is 5.79. The lowest BCUT2D eigenvalue weighted by molar-refractivity contribution is 0.445. The number of nitrogens with zero attached hydrogens (tertiary/aromatic N) is 1. The molecule has 0 fully saturated rings. The molecular weight excluding hydrogens is 193 g/mol. The zero-order valence-electron chi connectivity index (χ0n) is 6.96. The van der Waals surface area contributed by atoms with Gasteiger partial charge in [0, 0.05) is 18.6 Å². The van der Waals surface area contributed by atoms with Crippen LogP contribution in [-0.2, 0) is 6.54 Å². The second kappa shape index (κ2) is 5.41. The third kappa shape index (κ3) is 3.96. The first-order valence-electron chi connectivity index (χ1n) is 3.44. The van der Waals surface area contributed by atoms with Crippen LogP contribution in [0.1, 0.15) is 5.56 Å². The Morgan fingerprint density at radius 2 is 2.17 bits per heavy atom. The zero-order chi connectivity index (χ0) is 8.27. The summed E-state index contributed by atoms with van der Waals surface area (Å²) in [5.41, 5.74) is 1.19. The minimum Gasteiger partial charge on any atom is -0.301 e. The molecule has 0 bridgehead atoms. The maximum Gasteiger partial charge on any atom is 0.0409 e. The lowest BCUT2D eigenvalue weighted by Gasteiger charge is -2.08. The first kappa shape index (κ1) is 11.8. The van der Waals surface area contributed by atoms with Crippen molar-refractivity contribution in [3.05, 3.63) is 41.9 Å². The lowest BCUT2D eigenvalue weighted by atomic mass is 10.2. The summed E-state index contributed by atoms with van der Waals surface area (Å²) in [7, 11) is 5.69. The molecule has 67 valence electrons. The molecule has 0 spiro atoms. The van der Waals surface area contributed by atoms with Crippen molar-refractivity contribution in [2.24, 2.45) is 0 Å². The van der Waals surface area contributed by atoms with Gasteiger partial charge in [0.1, 0.15) is 0 Å². The Morgan fingerprint density at radius 1 is 1.50 bits per heavy atom. The molecular formula is C9H12Cl2N. The van der Waals surface area contributed by atoms with Crippen LogP contribution >= 0.6 is 24.0 Å². The van der Waals surface area contributed by atoms with Crippen molar-refractivity contribution < 1.29 is 0 Å². The van der Waals surface area contributed by atoms with Crippen molar-refractivity contribution in [2.75, 3.05) is 7.05 Å². The van der Waals surface area contributed by atoms with Crippen LogP contribution in [0.5, 0.6) is 0 Å². The monoisotopic (exact) mass is 204 g/mol. The maximum atomic E-state index is 5.79. The molecule has 1 aromatic carbocycles. The molecule has 3 heteroatoms. The van der Waals surface area contributed by atoms with Crippen LogP contribution in [0.3, 0.4) is 0 Å². The predicted molar refractivity (Wildman–Crippen MR) is 55.5 cm³/mol. The third-order valence-electron chi connectivity index (χ3n) is 1.34. The van der Waals surface area contributed by atoms with Gasteiger partial charge in [-0.15, -0.1) is 12.4 Å². The van der Waals surface area contributed by atoms with Crippen molar-refractivity contribution in [2.45, 2.75) is 6.54 Å². The van der Waals surface area contributed by atoms with Crippen LogP contribution in [-0.4, -0.2) is 11.9 Å². The normalized spacial score (nSPS) is 9.67. The summed E-state index contributed by atoms with van der Waals surface area (Å²) in [5.74, 6) is 0. The molecule has 0 aliphatic rings. The molecule has 1 nitrogen and oxygen atoms in total. The van der Waals surface area contributed by atoms with Crippen molar-refractivity contribution >= 4 is 24.0 Å². The van der Waals surface area contributed by atoms with Gasteiger partial charge in [-0.3, -0.25) is 0 Å². The molecule has 0 atom stereocenters. The van der Waals surface area contributed by atoms with E-state index in [-0.39, 0.29) is 12.4 Å². The topological polar surface area (TPSA) is 3.24 Å². The fraction of sp³-hybridized carbons (Fsp3) is 0.222. The highest BCUT2D eigenvalue weighted by Crippen LogP contribution is 2.11. The van der Waals surface area contributed by atoms with Crippen LogP contribution in [0.2, 0.25) is 5.02 Å². The van der Waals surface area contributed by atoms with Gasteiger partial charge >= 0.3 is 0 Å². The van der Waals surface area contributed by atoms with Crippen molar-refractivity contribution in [3.8, 4) is 0 Å². The van der Waals surface area contributed by atoms with Gasteiger partial charge in [0.25, 0.3) is 0 Å². The number of benzene rings is 1. The molecule has 0 aliphatic carbocycles. The van der Waals surface area contributed by atoms with E-state index in [4.69, 9.17) is 11.6 Å². The summed E-state index contributed by atoms with van der Waals surface area (Å²) < 4.78 is 0. The van der Waals surface area contributed by atoms with E-state index >= 15 is 0 Å². The summed E-state index contributed by atoms with van der Waals surface area (Å²) in [5, 5.41) is 0.782. The Balaban J connectivity index is 0.00000121. The largest absolute Gasteiger partial charge is 0.301 e. The lowest BCUT2D eigenvalue weighted by Crippen LogP contribution is -2.07. The molecule has 0 aliphatic heterocycles. The molecule has 0 saturated carbocycles. The number of hydrogen-bond donors (Lipinski definition) is 0. The highest BCUT2D eigenvalue weighted by molar-refractivity contribution is 6.30. The Hall–Kier alpha value is -0.240. The van der Waals surface area contributed by atoms with Crippen LogP contribution in [0, 0.1) is 7.05 Å². The average Bonchev–Trinajstić information content (AvgIpc) is 1.85. The van der Waals surface area contributed by atoms with E-state index in [0.717, 1.165) is 11.6 Å². The first-order chi connectivity index (χ1) is 5.18. The van der Waals surface area contributed by atoms with Crippen molar-refractivity contribution in [3.63, 3.8) is 0 Å². The second-order valence-electron chi connectivity index (χ2n) is 2.64. The molecule has 1 radical (unpaired) electrons. The van der Waals surface area contributed by atoms with Gasteiger partial charge in [0.2, 0.25) is 0 Å². The highest BCUT2D eigenvalue weighted by atomic mass is 35.5. The number of halogens is 2. The molecule has 0 saturated heterocycles. The minimum atomic E-state index is 0. The SMILES string of the molecule is Cl.[CH2]N(C)Cc1cccc(Cl)c1. The van der Waals surface area contributed by atoms with Gasteiger partial charge in [0.05, 0.1) is 0 Å². The molecule has 1 rings (SSSR count). The first-order valence-corrected chi connectivity index (χ1v) is 3.82. The standard InChI is InChI=1S/C9H11ClN.ClH/c1-11(2)7-8-4-3-5-9(10)6-8;/h3-6H,1,7H2,2H3;1H. The van der Waals surface area contributed by atoms with Gasteiger partial charge in [-0.25, -0.2) is 0 Å². The summed E-state index contributed by atoms with van der Waals surface area (Å²) in [4.78, 5) is 1.87. The Labute approximate surface area is 84.7 Å². The maximum absolute atomic E-state index is 5.79. The van der Waals surface area contributed by atoms with Crippen LogP contribution in [0.4, 0.5) is 0 Å². The van der Waals surface area contributed by atoms with Crippen LogP contribution in [0.15, 0.2) is 24.3 Å². The van der Waals surface area contributed by atoms with E-state index in [2.05, 4.69) is 7.05 Å². The average molecular weight is 205 g/mol. The van der Waals surface area contributed by atoms with Gasteiger partial charge in [0.15, 0.2) is 0 Å². The van der Waals surface area contributed by atoms with E-state index < -0.39 is 0 Å². The zero-order valence-corrected chi connectivity index (χ0v) is 8.53. The predicted octanol–water partition coefficient (Wildman–Crippen LogP) is 2.99. The van der Waals surface area contributed by atoms with Gasteiger partial charge < -0.3 is 4.90 Å². The fourth-order valence-corrected chi connectivity index (χ4v) is 1.16. The molecule has 0 N–H and O–H groups in total. The smallest absolute Gasteiger partial charge is 0.0409 e. The van der Waals surface area contributed by atoms with Crippen LogP contribution < -0.4 is 0 Å². The van der Waals surface area contributed by atoms with E-state index in [9.17, 15) is 0 Å². The van der Waals surface area contributed by atoms with E-state index in [1.165, 1.54) is 5.56 Å². The summed E-state index contributed by atoms with van der Waals surface area (Å²) in [6.45, 7) is 0.834. The highest BCUT2D eigenvalue weighted by Gasteiger charge is 1.94. The summed E-state index contributed by atoms with van der Waals surface area (Å²) in [6, 6.07) is 7.80. The fourth-order valence-electron chi connectivity index (χ4n) is 0.947. The van der Waals surface area contributed by atoms with Crippen molar-refractivity contribution in [1.82, 2.24) is 4.90 Å². The van der Waals surface area contributed by atoms with Crippen LogP contribution in [0.25, 0.3) is 0 Å². The third-order valence-corrected chi connectivity index (χ3v) is 1.58. The molecule has 0 amide bonds. The van der Waals surface area contributed by atoms with E-state index in [1.807, 2.05) is 36.2 Å². The van der Waals surface area contributed by atoms with Crippen molar-refractivity contribution in [1.29, 1.82) is 0 Å². The molecule has 0 heterocycles. The van der Waals surface area contributed by atoms with E-state index in [1.54, 1.807) is 0 Å². The molecule has 1 aromatic rings. The molecule has 0 aromatic heterocycles. The van der Waals surface area contributed by atoms with Gasteiger partial charge in [-0.1, -0.05) is 23.7 Å². The minimum absolute atomic E-state index is 0. The Bertz CT molecular complexity index is 236. The van der Waals surface area contributed by atoms with E-state index in [0.29, 0.717) is 0 Å². The van der Waals surface area contributed by atoms with Gasteiger partial charge in [-0.05, 0) is 24.7 Å². The Kier molecular flexibility index (Phi) is 5.31. The molecule has 12 heavy (non-hydrogen) atoms. The summed E-state index contributed by atoms with van der Waals surface area (Å²) in [6.07, 6.45) is 0. The Morgan fingerprint density at radius 3 is 2.67 bits per heavy atom.